The quantitative estimate of drug-likeness (QED) is 0.0201. The third-order valence-electron chi connectivity index (χ3n) is 12.1. The summed E-state index contributed by atoms with van der Waals surface area (Å²) in [4.78, 5) is 36.6. The van der Waals surface area contributed by atoms with Gasteiger partial charge in [-0.2, -0.15) is 45.7 Å². The first kappa shape index (κ1) is 72.4. The number of hydrogen-bond acceptors (Lipinski definition) is 30. The molecule has 0 bridgehead atoms. The SMILES string of the molecule is COc1cc(C)c(C)cc1NN=c1c(C(=O)O)cc(=O)c(=NNc2cc(C)c(S(=O)(=O)CCOS(=O)(=O)O)cc2OC)c1=O.Cc1ccc(N=Nc2ccc3cc(S(=O)(=O)O)c(N=Nc4ccc(S(=O)(=O)CCOS(=O)(=O)O)cc4)c(N)c3c2O)cc1.O=S(=O)=O. The molecule has 0 unspecified atom stereocenters. The van der Waals surface area contributed by atoms with Crippen molar-refractivity contribution in [1.82, 2.24) is 0 Å². The van der Waals surface area contributed by atoms with E-state index in [4.69, 9.17) is 36.9 Å². The number of nitrogen functional groups attached to an aromatic ring is 1. The Kier molecular flexibility index (Phi) is 23.8. The number of methoxy groups -OCH3 is 2. The van der Waals surface area contributed by atoms with Crippen molar-refractivity contribution in [3.8, 4) is 17.2 Å². The molecule has 7 rings (SSSR count). The lowest BCUT2D eigenvalue weighted by Gasteiger charge is -2.13. The van der Waals surface area contributed by atoms with Crippen LogP contribution in [0.4, 0.5) is 39.8 Å². The highest BCUT2D eigenvalue weighted by atomic mass is 32.3. The minimum Gasteiger partial charge on any atom is -0.505 e. The molecule has 0 atom stereocenters. The van der Waals surface area contributed by atoms with Crippen LogP contribution in [-0.2, 0) is 69.6 Å². The summed E-state index contributed by atoms with van der Waals surface area (Å²) in [6.07, 6.45) is 0. The number of fused-ring (bicyclic) bond motifs is 1. The first-order valence-corrected chi connectivity index (χ1v) is 33.3. The minimum absolute atomic E-state index is 0.0149. The molecule has 91 heavy (non-hydrogen) atoms. The number of aryl methyl sites for hydroxylation is 4. The molecule has 9 N–H and O–H groups in total. The van der Waals surface area contributed by atoms with Crippen LogP contribution in [0.2, 0.25) is 0 Å². The number of azo groups is 2. The van der Waals surface area contributed by atoms with E-state index in [9.17, 15) is 71.2 Å². The summed E-state index contributed by atoms with van der Waals surface area (Å²) in [7, 11) is -23.2. The maximum absolute atomic E-state index is 13.3. The average molecular weight is 1380 g/mol. The molecule has 7 aromatic carbocycles. The number of phenolic OH excluding ortho intramolecular Hbond substituents is 1. The highest BCUT2D eigenvalue weighted by Gasteiger charge is 2.25. The lowest BCUT2D eigenvalue weighted by molar-refractivity contribution is 0.0694. The van der Waals surface area contributed by atoms with E-state index in [0.717, 1.165) is 41.0 Å². The number of phenols is 1. The number of ether oxygens (including phenoxy) is 2. The number of benzene rings is 7. The number of aromatic carboxylic acids is 1. The van der Waals surface area contributed by atoms with Gasteiger partial charge in [0.1, 0.15) is 33.1 Å². The number of nitrogens with one attached hydrogen (secondary N) is 2. The van der Waals surface area contributed by atoms with Crippen LogP contribution in [0.5, 0.6) is 17.2 Å². The summed E-state index contributed by atoms with van der Waals surface area (Å²) in [5.74, 6) is -3.29. The summed E-state index contributed by atoms with van der Waals surface area (Å²) in [5.41, 5.74) is 11.5. The second-order valence-corrected chi connectivity index (χ2v) is 26.5. The molecule has 0 fully saturated rings. The number of sulfone groups is 2. The number of aromatic hydroxyl groups is 1. The normalized spacial score (nSPS) is 12.5. The molecule has 0 aliphatic heterocycles. The van der Waals surface area contributed by atoms with Gasteiger partial charge in [0.15, 0.2) is 30.8 Å². The van der Waals surface area contributed by atoms with Crippen molar-refractivity contribution < 1.29 is 101 Å². The Bertz CT molecular complexity index is 5010. The van der Waals surface area contributed by atoms with Gasteiger partial charge in [-0.25, -0.2) is 30.0 Å². The van der Waals surface area contributed by atoms with Gasteiger partial charge in [0.05, 0.1) is 88.1 Å². The van der Waals surface area contributed by atoms with Crippen molar-refractivity contribution >= 4 is 118 Å². The lowest BCUT2D eigenvalue weighted by Crippen LogP contribution is -2.50. The van der Waals surface area contributed by atoms with Crippen molar-refractivity contribution in [2.45, 2.75) is 42.4 Å². The fourth-order valence-corrected chi connectivity index (χ4v) is 11.6. The van der Waals surface area contributed by atoms with Crippen LogP contribution in [0.3, 0.4) is 0 Å². The second-order valence-electron chi connectivity index (χ2n) is 18.4. The minimum atomic E-state index is -4.88. The topological polar surface area (TPSA) is 535 Å². The number of hydrogen-bond donors (Lipinski definition) is 8. The zero-order valence-corrected chi connectivity index (χ0v) is 52.6. The third-order valence-corrected chi connectivity index (χ3v) is 17.4. The lowest BCUT2D eigenvalue weighted by atomic mass is 10.1. The summed E-state index contributed by atoms with van der Waals surface area (Å²) >= 11 is 0. The molecule has 0 aliphatic rings. The molecule has 0 aliphatic carbocycles. The van der Waals surface area contributed by atoms with Crippen molar-refractivity contribution in [1.29, 1.82) is 0 Å². The number of rotatable bonds is 22. The van der Waals surface area contributed by atoms with Gasteiger partial charge in [-0.15, -0.1) is 22.9 Å². The number of nitrogens with two attached hydrogens (primary N) is 1. The Morgan fingerprint density at radius 2 is 1.08 bits per heavy atom. The van der Waals surface area contributed by atoms with Crippen LogP contribution in [0.15, 0.2) is 152 Å². The number of carboxylic acids is 1. The van der Waals surface area contributed by atoms with Crippen molar-refractivity contribution in [2.24, 2.45) is 30.7 Å². The Hall–Kier alpha value is -9.36. The summed E-state index contributed by atoms with van der Waals surface area (Å²) < 4.78 is 188. The van der Waals surface area contributed by atoms with Gasteiger partial charge < -0.3 is 25.4 Å². The van der Waals surface area contributed by atoms with Crippen LogP contribution in [0, 0.1) is 27.7 Å². The molecule has 0 radical (unpaired) electrons. The van der Waals surface area contributed by atoms with Gasteiger partial charge in [-0.1, -0.05) is 23.8 Å². The standard InChI is InChI=1S/C26H28N4O12S2.C25H23N5O10S3.O3S/c1-13-8-17(20(40-4)10-14(13)2)27-29-23-16(26(33)34)11-19(31)24(25(23)32)30-28-18-9-15(3)22(12-21(18)41-5)43(35,36)7-6-42-44(37,38)39;1-15-2-5-17(6-3-15)27-29-20-11-4-16-14-21(42(34,35)36)24(23(26)22(16)25(20)31)30-28-18-7-9-19(10-8-18)41(32,33)13-12-40-43(37,38)39;1-4(2)3/h8-12,27-28H,6-7H2,1-5H3,(H,33,34)(H,37,38,39);2-11,14,31H,12-13,26H2,1H3,(H,34,35,36)(H,37,38,39);. The molecule has 40 heteroatoms. The highest BCUT2D eigenvalue weighted by molar-refractivity contribution is 7.91. The van der Waals surface area contributed by atoms with Crippen molar-refractivity contribution in [2.75, 3.05) is 55.5 Å². The van der Waals surface area contributed by atoms with E-state index in [-0.39, 0.29) is 54.6 Å². The Morgan fingerprint density at radius 3 is 1.59 bits per heavy atom. The van der Waals surface area contributed by atoms with E-state index in [1.807, 2.05) is 32.9 Å². The van der Waals surface area contributed by atoms with Gasteiger partial charge in [0.2, 0.25) is 10.9 Å². The Morgan fingerprint density at radius 1 is 0.593 bits per heavy atom. The predicted octanol–water partition coefficient (Wildman–Crippen LogP) is 4.47. The molecule has 34 nitrogen and oxygen atoms in total. The smallest absolute Gasteiger partial charge is 0.425 e. The Balaban J connectivity index is 0.000000312. The predicted molar refractivity (Wildman–Crippen MR) is 322 cm³/mol. The van der Waals surface area contributed by atoms with Gasteiger partial charge in [0.25, 0.3) is 10.1 Å². The molecular weight excluding hydrogens is 1330 g/mol. The maximum atomic E-state index is 13.3. The van der Waals surface area contributed by atoms with Crippen molar-refractivity contribution in [3.63, 3.8) is 0 Å². The van der Waals surface area contributed by atoms with Crippen molar-refractivity contribution in [3.05, 3.63) is 156 Å². The van der Waals surface area contributed by atoms with Crippen LogP contribution < -0.4 is 47.6 Å². The second kappa shape index (κ2) is 30.0. The molecular formula is C51H51N9O25S6. The van der Waals surface area contributed by atoms with E-state index in [1.54, 1.807) is 24.3 Å². The fraction of sp³-hybridized carbons (Fsp3) is 0.196. The van der Waals surface area contributed by atoms with Crippen LogP contribution in [0.25, 0.3) is 10.8 Å². The van der Waals surface area contributed by atoms with E-state index in [0.29, 0.717) is 23.2 Å². The fourth-order valence-electron chi connectivity index (χ4n) is 7.65. The third kappa shape index (κ3) is 20.1. The molecule has 486 valence electrons. The molecule has 0 saturated heterocycles. The Labute approximate surface area is 518 Å². The maximum Gasteiger partial charge on any atom is 0.425 e. The molecule has 0 spiro atoms. The number of carbonyl (C=O) groups is 1. The van der Waals surface area contributed by atoms with E-state index in [1.165, 1.54) is 51.5 Å². The molecule has 0 heterocycles. The van der Waals surface area contributed by atoms with Crippen LogP contribution in [0.1, 0.15) is 32.6 Å². The molecule has 0 aromatic heterocycles. The monoisotopic (exact) mass is 1380 g/mol. The zero-order valence-electron chi connectivity index (χ0n) is 47.7. The molecule has 0 amide bonds. The first-order chi connectivity index (χ1) is 42.3. The summed E-state index contributed by atoms with van der Waals surface area (Å²) in [5, 5.41) is 43.0. The van der Waals surface area contributed by atoms with Gasteiger partial charge >= 0.3 is 37.4 Å². The summed E-state index contributed by atoms with van der Waals surface area (Å²) in [6.45, 7) is 5.34. The first-order valence-electron chi connectivity index (χ1n) is 24.8. The average Bonchev–Trinajstić information content (AvgIpc) is 0.782. The molecule has 0 saturated carbocycles. The number of carboxylic acid groups (broad SMARTS) is 1. The van der Waals surface area contributed by atoms with Crippen LogP contribution in [-0.4, -0.2) is 123 Å². The van der Waals surface area contributed by atoms with E-state index < -0.39 is 135 Å². The largest absolute Gasteiger partial charge is 0.505 e. The zero-order chi connectivity index (χ0) is 68.1. The summed E-state index contributed by atoms with van der Waals surface area (Å²) in [6, 6.07) is 22.1. The highest BCUT2D eigenvalue weighted by Crippen LogP contribution is 2.46. The number of nitrogens with zero attached hydrogens (tertiary/aromatic N) is 6. The molecule has 7 aromatic rings. The number of anilines is 3. The van der Waals surface area contributed by atoms with Crippen LogP contribution >= 0.6 is 0 Å². The van der Waals surface area contributed by atoms with Gasteiger partial charge in [-0.3, -0.25) is 34.1 Å². The van der Waals surface area contributed by atoms with E-state index in [2.05, 4.69) is 49.9 Å². The van der Waals surface area contributed by atoms with E-state index >= 15 is 0 Å². The van der Waals surface area contributed by atoms with Gasteiger partial charge in [-0.05, 0) is 117 Å². The van der Waals surface area contributed by atoms with Gasteiger partial charge in [0, 0.05) is 12.1 Å².